The van der Waals surface area contributed by atoms with Gasteiger partial charge in [-0.05, 0) is 44.0 Å². The van der Waals surface area contributed by atoms with Crippen LogP contribution in [0.25, 0.3) is 0 Å². The van der Waals surface area contributed by atoms with Crippen molar-refractivity contribution in [2.45, 2.75) is 30.7 Å². The van der Waals surface area contributed by atoms with Gasteiger partial charge in [-0.1, -0.05) is 0 Å². The molecule has 0 bridgehead atoms. The maximum Gasteiger partial charge on any atom is 0.243 e. The van der Waals surface area contributed by atoms with E-state index in [0.717, 1.165) is 12.8 Å². The van der Waals surface area contributed by atoms with Crippen LogP contribution in [0.2, 0.25) is 0 Å². The van der Waals surface area contributed by atoms with Gasteiger partial charge in [-0.25, -0.2) is 8.42 Å². The van der Waals surface area contributed by atoms with E-state index in [1.807, 2.05) is 11.8 Å². The lowest BCUT2D eigenvalue weighted by atomic mass is 10.2. The van der Waals surface area contributed by atoms with E-state index in [-0.39, 0.29) is 28.7 Å². The van der Waals surface area contributed by atoms with Crippen molar-refractivity contribution in [3.63, 3.8) is 0 Å². The molecular weight excluding hydrogens is 420 g/mol. The number of carbonyl (C=O) groups excluding carboxylic acids is 2. The van der Waals surface area contributed by atoms with E-state index in [1.54, 1.807) is 12.1 Å². The van der Waals surface area contributed by atoms with Crippen LogP contribution in [0, 0.1) is 5.92 Å². The summed E-state index contributed by atoms with van der Waals surface area (Å²) in [6.07, 6.45) is 2.01. The van der Waals surface area contributed by atoms with Crippen LogP contribution in [0.3, 0.4) is 0 Å². The average Bonchev–Trinajstić information content (AvgIpc) is 3.65. The van der Waals surface area contributed by atoms with Crippen LogP contribution in [0.5, 0.6) is 0 Å². The molecule has 0 spiro atoms. The number of nitrogens with zero attached hydrogens (tertiary/aromatic N) is 3. The molecule has 2 saturated heterocycles. The van der Waals surface area contributed by atoms with Crippen molar-refractivity contribution in [1.29, 1.82) is 0 Å². The lowest BCUT2D eigenvalue weighted by Crippen LogP contribution is -2.54. The largest absolute Gasteiger partial charge is 0.379 e. The predicted molar refractivity (Wildman–Crippen MR) is 115 cm³/mol. The maximum atomic E-state index is 12.7. The SMILES string of the molecule is C[C@@H](C(=O)Nc1ccc(S(=O)(=O)N2CCOCC2)cc1)N1CCN(C(=O)C2CC2)CC1. The molecule has 0 unspecified atom stereocenters. The standard InChI is InChI=1S/C21H30N4O5S/c1-16(23-8-10-24(11-9-23)21(27)17-2-3-17)20(26)22-18-4-6-19(7-5-18)31(28,29)25-12-14-30-15-13-25/h4-7,16-17H,2-3,8-15H2,1H3,(H,22,26)/t16-/m0/s1. The molecular formula is C21H30N4O5S. The number of amides is 2. The van der Waals surface area contributed by atoms with Gasteiger partial charge in [0.05, 0.1) is 24.2 Å². The Hall–Kier alpha value is -2.01. The number of benzene rings is 1. The third kappa shape index (κ3) is 5.08. The third-order valence-electron chi connectivity index (χ3n) is 6.21. The van der Waals surface area contributed by atoms with Gasteiger partial charge in [-0.3, -0.25) is 14.5 Å². The first kappa shape index (κ1) is 22.2. The number of hydrogen-bond donors (Lipinski definition) is 1. The minimum absolute atomic E-state index is 0.147. The van der Waals surface area contributed by atoms with E-state index in [4.69, 9.17) is 4.74 Å². The molecule has 2 heterocycles. The van der Waals surface area contributed by atoms with Gasteiger partial charge >= 0.3 is 0 Å². The molecule has 0 aromatic heterocycles. The van der Waals surface area contributed by atoms with Crippen molar-refractivity contribution in [3.8, 4) is 0 Å². The van der Waals surface area contributed by atoms with Gasteiger partial charge < -0.3 is 15.0 Å². The monoisotopic (exact) mass is 450 g/mol. The lowest BCUT2D eigenvalue weighted by Gasteiger charge is -2.37. The summed E-state index contributed by atoms with van der Waals surface area (Å²) in [6.45, 7) is 5.98. The van der Waals surface area contributed by atoms with Crippen LogP contribution in [0.15, 0.2) is 29.2 Å². The first-order chi connectivity index (χ1) is 14.9. The minimum atomic E-state index is -3.55. The van der Waals surface area contributed by atoms with Crippen molar-refractivity contribution in [1.82, 2.24) is 14.1 Å². The highest BCUT2D eigenvalue weighted by molar-refractivity contribution is 7.89. The molecule has 4 rings (SSSR count). The Balaban J connectivity index is 1.30. The molecule has 1 aromatic carbocycles. The van der Waals surface area contributed by atoms with Gasteiger partial charge in [0.15, 0.2) is 0 Å². The molecule has 170 valence electrons. The van der Waals surface area contributed by atoms with Crippen molar-refractivity contribution >= 4 is 27.5 Å². The number of ether oxygens (including phenoxy) is 1. The number of anilines is 1. The second-order valence-electron chi connectivity index (χ2n) is 8.34. The molecule has 31 heavy (non-hydrogen) atoms. The van der Waals surface area contributed by atoms with Crippen molar-refractivity contribution in [2.24, 2.45) is 5.92 Å². The van der Waals surface area contributed by atoms with E-state index in [9.17, 15) is 18.0 Å². The van der Waals surface area contributed by atoms with E-state index in [2.05, 4.69) is 10.2 Å². The van der Waals surface area contributed by atoms with E-state index in [1.165, 1.54) is 16.4 Å². The Kier molecular flexibility index (Phi) is 6.61. The van der Waals surface area contributed by atoms with Crippen molar-refractivity contribution in [3.05, 3.63) is 24.3 Å². The molecule has 10 heteroatoms. The van der Waals surface area contributed by atoms with Gasteiger partial charge in [0.2, 0.25) is 21.8 Å². The summed E-state index contributed by atoms with van der Waals surface area (Å²) < 4.78 is 32.0. The molecule has 3 aliphatic rings. The Morgan fingerprint density at radius 1 is 1.00 bits per heavy atom. The Morgan fingerprint density at radius 3 is 2.19 bits per heavy atom. The zero-order chi connectivity index (χ0) is 22.0. The number of sulfonamides is 1. The highest BCUT2D eigenvalue weighted by Crippen LogP contribution is 2.31. The van der Waals surface area contributed by atoms with Gasteiger partial charge in [0.1, 0.15) is 0 Å². The Bertz CT molecular complexity index is 902. The second kappa shape index (κ2) is 9.23. The Labute approximate surface area is 183 Å². The third-order valence-corrected chi connectivity index (χ3v) is 8.12. The zero-order valence-corrected chi connectivity index (χ0v) is 18.6. The topological polar surface area (TPSA) is 99.3 Å². The fourth-order valence-corrected chi connectivity index (χ4v) is 5.38. The van der Waals surface area contributed by atoms with Gasteiger partial charge in [0, 0.05) is 50.9 Å². The lowest BCUT2D eigenvalue weighted by molar-refractivity contribution is -0.135. The summed E-state index contributed by atoms with van der Waals surface area (Å²) in [4.78, 5) is 29.1. The van der Waals surface area contributed by atoms with Gasteiger partial charge in [-0.15, -0.1) is 0 Å². The van der Waals surface area contributed by atoms with Crippen molar-refractivity contribution < 1.29 is 22.7 Å². The van der Waals surface area contributed by atoms with E-state index >= 15 is 0 Å². The number of carbonyl (C=O) groups is 2. The molecule has 1 saturated carbocycles. The van der Waals surface area contributed by atoms with E-state index < -0.39 is 10.0 Å². The summed E-state index contributed by atoms with van der Waals surface area (Å²) in [6, 6.07) is 5.93. The highest BCUT2D eigenvalue weighted by Gasteiger charge is 2.35. The summed E-state index contributed by atoms with van der Waals surface area (Å²) in [5.74, 6) is 0.330. The quantitative estimate of drug-likeness (QED) is 0.681. The zero-order valence-electron chi connectivity index (χ0n) is 17.8. The number of morpholine rings is 1. The molecule has 1 N–H and O–H groups in total. The molecule has 1 aromatic rings. The normalized spacial score (nSPS) is 22.2. The molecule has 9 nitrogen and oxygen atoms in total. The molecule has 0 radical (unpaired) electrons. The predicted octanol–water partition coefficient (Wildman–Crippen LogP) is 0.589. The molecule has 2 aliphatic heterocycles. The number of nitrogens with one attached hydrogen (secondary N) is 1. The van der Waals surface area contributed by atoms with Crippen LogP contribution >= 0.6 is 0 Å². The summed E-state index contributed by atoms with van der Waals surface area (Å²) in [5.41, 5.74) is 0.556. The van der Waals surface area contributed by atoms with Crippen LogP contribution in [0.4, 0.5) is 5.69 Å². The van der Waals surface area contributed by atoms with Crippen LogP contribution in [-0.4, -0.2) is 92.9 Å². The fourth-order valence-electron chi connectivity index (χ4n) is 3.98. The first-order valence-corrected chi connectivity index (χ1v) is 12.3. The van der Waals surface area contributed by atoms with E-state index in [0.29, 0.717) is 58.2 Å². The highest BCUT2D eigenvalue weighted by atomic mass is 32.2. The maximum absolute atomic E-state index is 12.7. The number of hydrogen-bond acceptors (Lipinski definition) is 6. The van der Waals surface area contributed by atoms with Crippen LogP contribution in [-0.2, 0) is 24.3 Å². The van der Waals surface area contributed by atoms with Crippen LogP contribution in [0.1, 0.15) is 19.8 Å². The summed E-state index contributed by atoms with van der Waals surface area (Å²) in [5, 5.41) is 2.87. The molecule has 1 atom stereocenters. The number of piperazine rings is 1. The van der Waals surface area contributed by atoms with Crippen LogP contribution < -0.4 is 5.32 Å². The van der Waals surface area contributed by atoms with Crippen molar-refractivity contribution in [2.75, 3.05) is 57.8 Å². The summed E-state index contributed by atoms with van der Waals surface area (Å²) >= 11 is 0. The minimum Gasteiger partial charge on any atom is -0.379 e. The molecule has 3 fully saturated rings. The summed E-state index contributed by atoms with van der Waals surface area (Å²) in [7, 11) is -3.55. The number of rotatable bonds is 6. The second-order valence-corrected chi connectivity index (χ2v) is 10.3. The molecule has 2 amide bonds. The average molecular weight is 451 g/mol. The Morgan fingerprint density at radius 2 is 1.61 bits per heavy atom. The molecule has 1 aliphatic carbocycles. The fraction of sp³-hybridized carbons (Fsp3) is 0.619. The van der Waals surface area contributed by atoms with Gasteiger partial charge in [-0.2, -0.15) is 4.31 Å². The smallest absolute Gasteiger partial charge is 0.243 e. The van der Waals surface area contributed by atoms with Gasteiger partial charge in [0.25, 0.3) is 0 Å². The first-order valence-electron chi connectivity index (χ1n) is 10.9.